The fraction of sp³-hybridized carbons (Fsp3) is 0.550. The molecule has 0 saturated carbocycles. The molecule has 2 aliphatic carbocycles. The van der Waals surface area contributed by atoms with Gasteiger partial charge in [-0.05, 0) is 33.3 Å². The minimum absolute atomic E-state index is 0.171. The van der Waals surface area contributed by atoms with Gasteiger partial charge in [0.15, 0.2) is 5.60 Å². The van der Waals surface area contributed by atoms with Crippen LogP contribution >= 0.6 is 11.6 Å². The number of rotatable bonds is 2. The zero-order valence-electron chi connectivity index (χ0n) is 15.6. The predicted molar refractivity (Wildman–Crippen MR) is 95.7 cm³/mol. The monoisotopic (exact) mass is 392 g/mol. The Morgan fingerprint density at radius 1 is 1.33 bits per heavy atom. The standard InChI is InChI=1S/C20H21ClO6/c1-7-6-11(25-19(24)20(5)10(4)27-20)13-9(3)18(23)26-17(13)14-8(2)15(21)16(22)12(7)14/h10-11,13-14,17H,3,6H2,1-2,4-5H3/t10-,11-,13-,14+,17+,20+/m1/s1. The Morgan fingerprint density at radius 2 is 1.96 bits per heavy atom. The SMILES string of the molecule is C=C1C(=O)O[C@@H]2[C@H]3C(C)=C(Cl)C(=O)C3=C(C)C[C@@H](OC(=O)[C@@]3(C)O[C@@H]3C)[C@@H]12. The first kappa shape index (κ1) is 18.4. The zero-order chi connectivity index (χ0) is 19.8. The number of carbonyl (C=O) groups is 3. The van der Waals surface area contributed by atoms with E-state index in [2.05, 4.69) is 6.58 Å². The normalized spacial score (nSPS) is 40.6. The summed E-state index contributed by atoms with van der Waals surface area (Å²) in [7, 11) is 0. The molecule has 27 heavy (non-hydrogen) atoms. The minimum Gasteiger partial charge on any atom is -0.459 e. The molecule has 4 aliphatic rings. The zero-order valence-corrected chi connectivity index (χ0v) is 16.4. The molecular weight excluding hydrogens is 372 g/mol. The average molecular weight is 393 g/mol. The van der Waals surface area contributed by atoms with Crippen LogP contribution < -0.4 is 0 Å². The van der Waals surface area contributed by atoms with E-state index < -0.39 is 41.6 Å². The highest BCUT2D eigenvalue weighted by atomic mass is 35.5. The second-order valence-corrected chi connectivity index (χ2v) is 8.31. The summed E-state index contributed by atoms with van der Waals surface area (Å²) in [6.07, 6.45) is -1.24. The molecule has 0 bridgehead atoms. The van der Waals surface area contributed by atoms with Crippen LogP contribution in [0.3, 0.4) is 0 Å². The van der Waals surface area contributed by atoms with E-state index >= 15 is 0 Å². The summed E-state index contributed by atoms with van der Waals surface area (Å²) in [5.41, 5.74) is 1.27. The number of esters is 2. The molecule has 6 nitrogen and oxygen atoms in total. The van der Waals surface area contributed by atoms with Crippen molar-refractivity contribution in [2.45, 2.75) is 58.0 Å². The summed E-state index contributed by atoms with van der Waals surface area (Å²) in [6.45, 7) is 10.9. The third-order valence-corrected chi connectivity index (χ3v) is 6.80. The van der Waals surface area contributed by atoms with Crippen LogP contribution in [0.2, 0.25) is 0 Å². The maximum Gasteiger partial charge on any atom is 0.341 e. The first-order chi connectivity index (χ1) is 12.6. The highest BCUT2D eigenvalue weighted by molar-refractivity contribution is 6.47. The molecule has 0 spiro atoms. The number of ether oxygens (including phenoxy) is 3. The van der Waals surface area contributed by atoms with Gasteiger partial charge in [0.05, 0.1) is 17.1 Å². The third-order valence-electron chi connectivity index (χ3n) is 6.33. The van der Waals surface area contributed by atoms with Crippen molar-refractivity contribution in [1.82, 2.24) is 0 Å². The van der Waals surface area contributed by atoms with Crippen LogP contribution in [0.1, 0.15) is 34.1 Å². The highest BCUT2D eigenvalue weighted by Gasteiger charge is 2.60. The lowest BCUT2D eigenvalue weighted by molar-refractivity contribution is -0.158. The molecule has 2 fully saturated rings. The van der Waals surface area contributed by atoms with Gasteiger partial charge in [0.2, 0.25) is 5.78 Å². The Kier molecular flexibility index (Phi) is 3.95. The molecule has 144 valence electrons. The van der Waals surface area contributed by atoms with Gasteiger partial charge in [0.1, 0.15) is 12.2 Å². The Hall–Kier alpha value is -1.92. The van der Waals surface area contributed by atoms with Crippen molar-refractivity contribution >= 4 is 29.3 Å². The molecule has 2 saturated heterocycles. The number of Topliss-reactive ketones (excluding diaryl/α,β-unsaturated/α-hetero) is 1. The summed E-state index contributed by atoms with van der Waals surface area (Å²) < 4.78 is 16.7. The van der Waals surface area contributed by atoms with Crippen LogP contribution in [0.4, 0.5) is 0 Å². The molecule has 2 heterocycles. The quantitative estimate of drug-likeness (QED) is 0.408. The first-order valence-corrected chi connectivity index (χ1v) is 9.35. The van der Waals surface area contributed by atoms with Crippen LogP contribution in [0, 0.1) is 11.8 Å². The third kappa shape index (κ3) is 2.46. The van der Waals surface area contributed by atoms with Crippen LogP contribution in [-0.4, -0.2) is 41.6 Å². The molecule has 0 radical (unpaired) electrons. The molecule has 0 aromatic carbocycles. The van der Waals surface area contributed by atoms with Crippen molar-refractivity contribution in [3.05, 3.63) is 33.9 Å². The molecule has 0 aromatic rings. The van der Waals surface area contributed by atoms with E-state index in [0.717, 1.165) is 5.57 Å². The van der Waals surface area contributed by atoms with Gasteiger partial charge in [-0.15, -0.1) is 0 Å². The summed E-state index contributed by atoms with van der Waals surface area (Å²) in [5.74, 6) is -2.24. The fourth-order valence-electron chi connectivity index (χ4n) is 4.44. The van der Waals surface area contributed by atoms with Gasteiger partial charge in [0, 0.05) is 23.5 Å². The molecule has 4 rings (SSSR count). The molecule has 7 heteroatoms. The van der Waals surface area contributed by atoms with E-state index in [1.165, 1.54) is 0 Å². The number of halogens is 1. The summed E-state index contributed by atoms with van der Waals surface area (Å²) in [6, 6.07) is 0. The second-order valence-electron chi connectivity index (χ2n) is 7.93. The maximum absolute atomic E-state index is 12.7. The summed E-state index contributed by atoms with van der Waals surface area (Å²) >= 11 is 6.21. The van der Waals surface area contributed by atoms with Crippen molar-refractivity contribution in [3.63, 3.8) is 0 Å². The maximum atomic E-state index is 12.7. The van der Waals surface area contributed by atoms with E-state index in [1.54, 1.807) is 20.8 Å². The van der Waals surface area contributed by atoms with E-state index in [1.807, 2.05) is 6.92 Å². The molecule has 0 amide bonds. The van der Waals surface area contributed by atoms with Crippen molar-refractivity contribution < 1.29 is 28.6 Å². The number of epoxide rings is 1. The molecule has 6 atom stereocenters. The van der Waals surface area contributed by atoms with E-state index in [0.29, 0.717) is 17.6 Å². The van der Waals surface area contributed by atoms with E-state index in [4.69, 9.17) is 25.8 Å². The Balaban J connectivity index is 1.74. The number of hydrogen-bond donors (Lipinski definition) is 0. The number of allylic oxidation sites excluding steroid dienone is 1. The highest BCUT2D eigenvalue weighted by Crippen LogP contribution is 2.51. The first-order valence-electron chi connectivity index (χ1n) is 8.97. The molecule has 2 aliphatic heterocycles. The largest absolute Gasteiger partial charge is 0.459 e. The van der Waals surface area contributed by atoms with Crippen molar-refractivity contribution in [1.29, 1.82) is 0 Å². The Morgan fingerprint density at radius 3 is 2.56 bits per heavy atom. The summed E-state index contributed by atoms with van der Waals surface area (Å²) in [4.78, 5) is 37.5. The van der Waals surface area contributed by atoms with Gasteiger partial charge in [0.25, 0.3) is 0 Å². The number of carbonyl (C=O) groups excluding carboxylic acids is 3. The van der Waals surface area contributed by atoms with Gasteiger partial charge in [-0.1, -0.05) is 23.8 Å². The molecule has 0 unspecified atom stereocenters. The van der Waals surface area contributed by atoms with Gasteiger partial charge < -0.3 is 14.2 Å². The topological polar surface area (TPSA) is 82.2 Å². The fourth-order valence-corrected chi connectivity index (χ4v) is 4.65. The van der Waals surface area contributed by atoms with Crippen LogP contribution in [0.15, 0.2) is 33.9 Å². The summed E-state index contributed by atoms with van der Waals surface area (Å²) in [5, 5.41) is 0.171. The minimum atomic E-state index is -0.974. The van der Waals surface area contributed by atoms with Gasteiger partial charge in [-0.25, -0.2) is 9.59 Å². The molecule has 0 N–H and O–H groups in total. The lowest BCUT2D eigenvalue weighted by Crippen LogP contribution is -2.38. The number of hydrogen-bond acceptors (Lipinski definition) is 6. The number of fused-ring (bicyclic) bond motifs is 3. The lowest BCUT2D eigenvalue weighted by Gasteiger charge is -2.28. The lowest BCUT2D eigenvalue weighted by atomic mass is 9.82. The second kappa shape index (κ2) is 5.79. The van der Waals surface area contributed by atoms with E-state index in [9.17, 15) is 14.4 Å². The van der Waals surface area contributed by atoms with Gasteiger partial charge in [-0.3, -0.25) is 4.79 Å². The Bertz CT molecular complexity index is 868. The van der Waals surface area contributed by atoms with Crippen molar-refractivity contribution in [3.8, 4) is 0 Å². The predicted octanol–water partition coefficient (Wildman–Crippen LogP) is 2.61. The molecular formula is C20H21ClO6. The Labute approximate surface area is 162 Å². The van der Waals surface area contributed by atoms with Crippen molar-refractivity contribution in [2.75, 3.05) is 0 Å². The van der Waals surface area contributed by atoms with Crippen LogP contribution in [-0.2, 0) is 28.6 Å². The van der Waals surface area contributed by atoms with Gasteiger partial charge >= 0.3 is 11.9 Å². The van der Waals surface area contributed by atoms with E-state index in [-0.39, 0.29) is 22.5 Å². The van der Waals surface area contributed by atoms with Crippen LogP contribution in [0.25, 0.3) is 0 Å². The van der Waals surface area contributed by atoms with Crippen molar-refractivity contribution in [2.24, 2.45) is 11.8 Å². The smallest absolute Gasteiger partial charge is 0.341 e. The van der Waals surface area contributed by atoms with Gasteiger partial charge in [-0.2, -0.15) is 0 Å². The molecule has 0 aromatic heterocycles. The average Bonchev–Trinajstić information content (AvgIpc) is 3.07. The van der Waals surface area contributed by atoms with Crippen LogP contribution in [0.5, 0.6) is 0 Å². The number of ketones is 1.